The summed E-state index contributed by atoms with van der Waals surface area (Å²) in [5, 5.41) is 3.74. The molecule has 0 spiro atoms. The Labute approximate surface area is 216 Å². The summed E-state index contributed by atoms with van der Waals surface area (Å²) in [6.07, 6.45) is 5.13. The number of para-hydroxylation sites is 1. The Balaban J connectivity index is 1.49. The van der Waals surface area contributed by atoms with Crippen LogP contribution in [0.3, 0.4) is 0 Å². The minimum absolute atomic E-state index is 0.0761. The first-order chi connectivity index (χ1) is 18.0. The maximum absolute atomic E-state index is 14.1. The van der Waals surface area contributed by atoms with Gasteiger partial charge < -0.3 is 15.0 Å². The van der Waals surface area contributed by atoms with Crippen LogP contribution >= 0.6 is 0 Å². The normalized spacial score (nSPS) is 15.0. The van der Waals surface area contributed by atoms with Crippen LogP contribution in [-0.2, 0) is 9.53 Å². The lowest BCUT2D eigenvalue weighted by Gasteiger charge is -2.26. The Morgan fingerprint density at radius 2 is 1.86 bits per heavy atom. The van der Waals surface area contributed by atoms with Crippen molar-refractivity contribution in [3.63, 3.8) is 0 Å². The standard InChI is InChI=1S/C30H30N4O3/c1-20-7-5-11-26(21(20)2)33-29(35)19-34(18-23-8-6-16-37-23)30(36)25-17-28(22-12-14-31-15-13-22)32-27-10-4-3-9-24(25)27/h3-5,7,9-15,17,23H,6,8,16,18-19H2,1-2H3,(H,33,35)/t23-/m1/s1. The number of pyridine rings is 2. The third-order valence-electron chi connectivity index (χ3n) is 6.87. The van der Waals surface area contributed by atoms with E-state index >= 15 is 0 Å². The predicted molar refractivity (Wildman–Crippen MR) is 144 cm³/mol. The number of hydrogen-bond donors (Lipinski definition) is 1. The van der Waals surface area contributed by atoms with Gasteiger partial charge in [0.2, 0.25) is 5.91 Å². The molecule has 37 heavy (non-hydrogen) atoms. The lowest BCUT2D eigenvalue weighted by Crippen LogP contribution is -2.42. The number of anilines is 1. The maximum atomic E-state index is 14.1. The molecule has 1 atom stereocenters. The van der Waals surface area contributed by atoms with Crippen molar-refractivity contribution in [2.75, 3.05) is 25.0 Å². The molecule has 7 nitrogen and oxygen atoms in total. The highest BCUT2D eigenvalue weighted by molar-refractivity contribution is 6.08. The molecule has 188 valence electrons. The monoisotopic (exact) mass is 494 g/mol. The van der Waals surface area contributed by atoms with E-state index in [-0.39, 0.29) is 24.5 Å². The second-order valence-electron chi connectivity index (χ2n) is 9.42. The average molecular weight is 495 g/mol. The van der Waals surface area contributed by atoms with Crippen LogP contribution in [0.15, 0.2) is 73.1 Å². The van der Waals surface area contributed by atoms with Crippen LogP contribution in [0.1, 0.15) is 34.3 Å². The molecule has 0 unspecified atom stereocenters. The van der Waals surface area contributed by atoms with E-state index in [4.69, 9.17) is 9.72 Å². The number of rotatable bonds is 7. The molecule has 4 aromatic rings. The van der Waals surface area contributed by atoms with Crippen molar-refractivity contribution in [2.24, 2.45) is 0 Å². The van der Waals surface area contributed by atoms with Gasteiger partial charge in [0.05, 0.1) is 22.9 Å². The van der Waals surface area contributed by atoms with Gasteiger partial charge in [-0.2, -0.15) is 0 Å². The highest BCUT2D eigenvalue weighted by Gasteiger charge is 2.27. The minimum atomic E-state index is -0.243. The Morgan fingerprint density at radius 1 is 1.05 bits per heavy atom. The largest absolute Gasteiger partial charge is 0.376 e. The van der Waals surface area contributed by atoms with Gasteiger partial charge >= 0.3 is 0 Å². The molecule has 0 bridgehead atoms. The number of carbonyl (C=O) groups is 2. The molecule has 1 N–H and O–H groups in total. The molecule has 3 heterocycles. The number of nitrogens with zero attached hydrogens (tertiary/aromatic N) is 3. The van der Waals surface area contributed by atoms with Gasteiger partial charge in [-0.15, -0.1) is 0 Å². The first-order valence-corrected chi connectivity index (χ1v) is 12.6. The highest BCUT2D eigenvalue weighted by atomic mass is 16.5. The zero-order valence-corrected chi connectivity index (χ0v) is 21.1. The van der Waals surface area contributed by atoms with E-state index in [0.717, 1.165) is 46.1 Å². The second-order valence-corrected chi connectivity index (χ2v) is 9.42. The second kappa shape index (κ2) is 10.9. The van der Waals surface area contributed by atoms with Crippen molar-refractivity contribution in [1.82, 2.24) is 14.9 Å². The van der Waals surface area contributed by atoms with Crippen molar-refractivity contribution < 1.29 is 14.3 Å². The summed E-state index contributed by atoms with van der Waals surface area (Å²) < 4.78 is 5.84. The van der Waals surface area contributed by atoms with Crippen LogP contribution < -0.4 is 5.32 Å². The lowest BCUT2D eigenvalue weighted by molar-refractivity contribution is -0.117. The van der Waals surface area contributed by atoms with Crippen LogP contribution in [0.4, 0.5) is 5.69 Å². The SMILES string of the molecule is Cc1cccc(NC(=O)CN(C[C@H]2CCCO2)C(=O)c2cc(-c3ccncc3)nc3ccccc23)c1C. The number of hydrogen-bond acceptors (Lipinski definition) is 5. The molecule has 2 aromatic heterocycles. The van der Waals surface area contributed by atoms with Gasteiger partial charge in [0, 0.05) is 42.2 Å². The van der Waals surface area contributed by atoms with Crippen molar-refractivity contribution in [1.29, 1.82) is 0 Å². The molecule has 1 saturated heterocycles. The van der Waals surface area contributed by atoms with Crippen LogP contribution in [0.5, 0.6) is 0 Å². The summed E-state index contributed by atoms with van der Waals surface area (Å²) >= 11 is 0. The fourth-order valence-electron chi connectivity index (χ4n) is 4.70. The smallest absolute Gasteiger partial charge is 0.255 e. The number of aryl methyl sites for hydroxylation is 1. The number of aromatic nitrogens is 2. The number of fused-ring (bicyclic) bond motifs is 1. The summed E-state index contributed by atoms with van der Waals surface area (Å²) in [6.45, 7) is 4.93. The third-order valence-corrected chi connectivity index (χ3v) is 6.87. The molecule has 1 aliphatic heterocycles. The van der Waals surface area contributed by atoms with E-state index < -0.39 is 0 Å². The molecule has 0 aliphatic carbocycles. The van der Waals surface area contributed by atoms with E-state index in [1.165, 1.54) is 0 Å². The molecule has 2 amide bonds. The number of amides is 2. The van der Waals surface area contributed by atoms with Gasteiger partial charge in [-0.25, -0.2) is 4.98 Å². The lowest BCUT2D eigenvalue weighted by atomic mass is 10.0. The van der Waals surface area contributed by atoms with Crippen molar-refractivity contribution in [3.8, 4) is 11.3 Å². The number of nitrogens with one attached hydrogen (secondary N) is 1. The fraction of sp³-hybridized carbons (Fsp3) is 0.267. The summed E-state index contributed by atoms with van der Waals surface area (Å²) in [6, 6.07) is 18.9. The third kappa shape index (κ3) is 5.52. The van der Waals surface area contributed by atoms with Crippen LogP contribution in [0.2, 0.25) is 0 Å². The number of benzene rings is 2. The summed E-state index contributed by atoms with van der Waals surface area (Å²) in [7, 11) is 0. The minimum Gasteiger partial charge on any atom is -0.376 e. The van der Waals surface area contributed by atoms with Crippen molar-refractivity contribution >= 4 is 28.4 Å². The zero-order valence-electron chi connectivity index (χ0n) is 21.1. The van der Waals surface area contributed by atoms with E-state index in [1.807, 2.05) is 74.5 Å². The van der Waals surface area contributed by atoms with E-state index in [1.54, 1.807) is 17.3 Å². The van der Waals surface area contributed by atoms with Gasteiger partial charge in [-0.1, -0.05) is 30.3 Å². The molecule has 7 heteroatoms. The van der Waals surface area contributed by atoms with Gasteiger partial charge in [0.1, 0.15) is 6.54 Å². The van der Waals surface area contributed by atoms with E-state index in [9.17, 15) is 9.59 Å². The topological polar surface area (TPSA) is 84.4 Å². The van der Waals surface area contributed by atoms with Crippen LogP contribution in [0, 0.1) is 13.8 Å². The van der Waals surface area contributed by atoms with Gasteiger partial charge in [-0.05, 0) is 68.1 Å². The van der Waals surface area contributed by atoms with Crippen molar-refractivity contribution in [3.05, 3.63) is 89.7 Å². The van der Waals surface area contributed by atoms with Gasteiger partial charge in [0.25, 0.3) is 5.91 Å². The first kappa shape index (κ1) is 24.6. The maximum Gasteiger partial charge on any atom is 0.255 e. The first-order valence-electron chi connectivity index (χ1n) is 12.6. The molecule has 2 aromatic carbocycles. The Kier molecular flexibility index (Phi) is 7.23. The van der Waals surface area contributed by atoms with Gasteiger partial charge in [-0.3, -0.25) is 14.6 Å². The highest BCUT2D eigenvalue weighted by Crippen LogP contribution is 2.26. The van der Waals surface area contributed by atoms with Crippen molar-refractivity contribution in [2.45, 2.75) is 32.8 Å². The summed E-state index contributed by atoms with van der Waals surface area (Å²) in [5.41, 5.74) is 5.64. The van der Waals surface area contributed by atoms with Crippen LogP contribution in [0.25, 0.3) is 22.2 Å². The Hall–Kier alpha value is -4.10. The predicted octanol–water partition coefficient (Wildman–Crippen LogP) is 5.17. The average Bonchev–Trinajstić information content (AvgIpc) is 3.43. The molecule has 0 saturated carbocycles. The molecular weight excluding hydrogens is 464 g/mol. The number of ether oxygens (including phenoxy) is 1. The molecular formula is C30H30N4O3. The summed E-state index contributed by atoms with van der Waals surface area (Å²) in [5.74, 6) is -0.465. The van der Waals surface area contributed by atoms with E-state index in [0.29, 0.717) is 24.4 Å². The quantitative estimate of drug-likeness (QED) is 0.383. The molecule has 1 fully saturated rings. The molecule has 1 aliphatic rings. The van der Waals surface area contributed by atoms with Crippen LogP contribution in [-0.4, -0.2) is 52.5 Å². The van der Waals surface area contributed by atoms with Gasteiger partial charge in [0.15, 0.2) is 0 Å². The Morgan fingerprint density at radius 3 is 2.65 bits per heavy atom. The summed E-state index contributed by atoms with van der Waals surface area (Å²) in [4.78, 5) is 37.8. The molecule has 5 rings (SSSR count). The van der Waals surface area contributed by atoms with E-state index in [2.05, 4.69) is 10.3 Å². The Bertz CT molecular complexity index is 1430. The number of carbonyl (C=O) groups excluding carboxylic acids is 2. The fourth-order valence-corrected chi connectivity index (χ4v) is 4.70. The zero-order chi connectivity index (χ0) is 25.8. The molecule has 0 radical (unpaired) electrons.